The van der Waals surface area contributed by atoms with Crippen LogP contribution >= 0.6 is 22.9 Å². The molecule has 4 nitrogen and oxygen atoms in total. The SMILES string of the molecule is Cc1c(CNC(=O)c2sc3ccccc3c2Cl)cnn1C. The topological polar surface area (TPSA) is 46.9 Å². The molecule has 2 aromatic heterocycles. The van der Waals surface area contributed by atoms with Gasteiger partial charge in [0.15, 0.2) is 0 Å². The fraction of sp³-hybridized carbons (Fsp3) is 0.200. The molecule has 3 aromatic rings. The smallest absolute Gasteiger partial charge is 0.263 e. The van der Waals surface area contributed by atoms with E-state index in [1.54, 1.807) is 10.9 Å². The van der Waals surface area contributed by atoms with Gasteiger partial charge in [0.05, 0.1) is 11.2 Å². The average molecular weight is 320 g/mol. The van der Waals surface area contributed by atoms with E-state index >= 15 is 0 Å². The summed E-state index contributed by atoms with van der Waals surface area (Å²) >= 11 is 7.71. The highest BCUT2D eigenvalue weighted by Gasteiger charge is 2.17. The third-order valence-electron chi connectivity index (χ3n) is 3.52. The monoisotopic (exact) mass is 319 g/mol. The van der Waals surface area contributed by atoms with Gasteiger partial charge in [0.1, 0.15) is 4.88 Å². The predicted octanol–water partition coefficient (Wildman–Crippen LogP) is 3.53. The van der Waals surface area contributed by atoms with Crippen molar-refractivity contribution in [1.82, 2.24) is 15.1 Å². The minimum absolute atomic E-state index is 0.149. The van der Waals surface area contributed by atoms with Crippen LogP contribution in [0.2, 0.25) is 5.02 Å². The molecule has 1 aromatic carbocycles. The Morgan fingerprint density at radius 2 is 2.19 bits per heavy atom. The molecule has 0 saturated heterocycles. The van der Waals surface area contributed by atoms with E-state index in [9.17, 15) is 4.79 Å². The summed E-state index contributed by atoms with van der Waals surface area (Å²) in [5, 5.41) is 8.51. The van der Waals surface area contributed by atoms with E-state index in [1.807, 2.05) is 38.2 Å². The maximum Gasteiger partial charge on any atom is 0.263 e. The Labute approximate surface area is 131 Å². The summed E-state index contributed by atoms with van der Waals surface area (Å²) in [4.78, 5) is 12.9. The van der Waals surface area contributed by atoms with E-state index in [1.165, 1.54) is 11.3 Å². The number of benzene rings is 1. The number of hydrogen-bond acceptors (Lipinski definition) is 3. The lowest BCUT2D eigenvalue weighted by Crippen LogP contribution is -2.22. The molecule has 1 N–H and O–H groups in total. The first-order valence-corrected chi connectivity index (χ1v) is 7.70. The van der Waals surface area contributed by atoms with Gasteiger partial charge in [0.25, 0.3) is 5.91 Å². The Morgan fingerprint density at radius 3 is 2.86 bits per heavy atom. The maximum absolute atomic E-state index is 12.3. The summed E-state index contributed by atoms with van der Waals surface area (Å²) in [7, 11) is 1.88. The van der Waals surface area contributed by atoms with Gasteiger partial charge in [-0.15, -0.1) is 11.3 Å². The fourth-order valence-electron chi connectivity index (χ4n) is 2.13. The third-order valence-corrected chi connectivity index (χ3v) is 5.19. The molecule has 0 aliphatic carbocycles. The van der Waals surface area contributed by atoms with E-state index in [4.69, 9.17) is 11.6 Å². The van der Waals surface area contributed by atoms with Gasteiger partial charge in [-0.2, -0.15) is 5.10 Å². The summed E-state index contributed by atoms with van der Waals surface area (Å²) in [6, 6.07) is 7.75. The number of thiophene rings is 1. The minimum atomic E-state index is -0.149. The van der Waals surface area contributed by atoms with E-state index in [0.29, 0.717) is 16.4 Å². The van der Waals surface area contributed by atoms with Gasteiger partial charge in [-0.1, -0.05) is 29.8 Å². The lowest BCUT2D eigenvalue weighted by Gasteiger charge is -2.03. The Balaban J connectivity index is 1.81. The molecule has 0 radical (unpaired) electrons. The molecular formula is C15H14ClN3OS. The van der Waals surface area contributed by atoms with Crippen molar-refractivity contribution >= 4 is 38.9 Å². The van der Waals surface area contributed by atoms with Crippen LogP contribution in [0.4, 0.5) is 0 Å². The van der Waals surface area contributed by atoms with Crippen molar-refractivity contribution in [2.75, 3.05) is 0 Å². The van der Waals surface area contributed by atoms with Crippen LogP contribution in [-0.4, -0.2) is 15.7 Å². The number of halogens is 1. The highest BCUT2D eigenvalue weighted by atomic mass is 35.5. The van der Waals surface area contributed by atoms with Crippen molar-refractivity contribution < 1.29 is 4.79 Å². The van der Waals surface area contributed by atoms with Crippen LogP contribution in [0.15, 0.2) is 30.5 Å². The Hall–Kier alpha value is -1.85. The summed E-state index contributed by atoms with van der Waals surface area (Å²) in [5.41, 5.74) is 2.04. The van der Waals surface area contributed by atoms with Gasteiger partial charge in [-0.05, 0) is 13.0 Å². The lowest BCUT2D eigenvalue weighted by molar-refractivity contribution is 0.0955. The van der Waals surface area contributed by atoms with Crippen LogP contribution in [0, 0.1) is 6.92 Å². The largest absolute Gasteiger partial charge is 0.347 e. The van der Waals surface area contributed by atoms with Gasteiger partial charge < -0.3 is 5.32 Å². The van der Waals surface area contributed by atoms with E-state index in [2.05, 4.69) is 10.4 Å². The third kappa shape index (κ3) is 2.54. The number of rotatable bonds is 3. The molecule has 21 heavy (non-hydrogen) atoms. The van der Waals surface area contributed by atoms with Crippen molar-refractivity contribution in [2.45, 2.75) is 13.5 Å². The number of fused-ring (bicyclic) bond motifs is 1. The van der Waals surface area contributed by atoms with Crippen molar-refractivity contribution in [2.24, 2.45) is 7.05 Å². The maximum atomic E-state index is 12.3. The number of hydrogen-bond donors (Lipinski definition) is 1. The zero-order valence-electron chi connectivity index (χ0n) is 11.7. The van der Waals surface area contributed by atoms with Gasteiger partial charge in [-0.3, -0.25) is 9.48 Å². The van der Waals surface area contributed by atoms with Gasteiger partial charge in [0, 0.05) is 34.9 Å². The molecule has 0 unspecified atom stereocenters. The fourth-order valence-corrected chi connectivity index (χ4v) is 3.57. The second-order valence-corrected chi connectivity index (χ2v) is 6.23. The number of carbonyl (C=O) groups is 1. The van der Waals surface area contributed by atoms with Crippen LogP contribution in [0.1, 0.15) is 20.9 Å². The molecule has 0 aliphatic heterocycles. The molecule has 0 fully saturated rings. The molecule has 0 aliphatic rings. The summed E-state index contributed by atoms with van der Waals surface area (Å²) in [6.07, 6.45) is 1.77. The Kier molecular flexibility index (Phi) is 3.69. The molecule has 6 heteroatoms. The van der Waals surface area contributed by atoms with Crippen LogP contribution in [0.5, 0.6) is 0 Å². The molecule has 0 spiro atoms. The number of nitrogens with one attached hydrogen (secondary N) is 1. The quantitative estimate of drug-likeness (QED) is 0.803. The standard InChI is InChI=1S/C15H14ClN3OS/c1-9-10(8-18-19(9)2)7-17-15(20)14-13(16)11-5-3-4-6-12(11)21-14/h3-6,8H,7H2,1-2H3,(H,17,20). The van der Waals surface area contributed by atoms with Gasteiger partial charge in [-0.25, -0.2) is 0 Å². The summed E-state index contributed by atoms with van der Waals surface area (Å²) in [5.74, 6) is -0.149. The lowest BCUT2D eigenvalue weighted by atomic mass is 10.2. The molecular weight excluding hydrogens is 306 g/mol. The summed E-state index contributed by atoms with van der Waals surface area (Å²) in [6.45, 7) is 2.42. The van der Waals surface area contributed by atoms with Crippen molar-refractivity contribution in [3.8, 4) is 0 Å². The highest BCUT2D eigenvalue weighted by molar-refractivity contribution is 7.21. The molecule has 108 valence electrons. The van der Waals surface area contributed by atoms with Crippen LogP contribution in [0.25, 0.3) is 10.1 Å². The average Bonchev–Trinajstić information content (AvgIpc) is 2.99. The molecule has 3 rings (SSSR count). The summed E-state index contributed by atoms with van der Waals surface area (Å²) < 4.78 is 2.80. The predicted molar refractivity (Wildman–Crippen MR) is 86.0 cm³/mol. The first-order valence-electron chi connectivity index (χ1n) is 6.50. The van der Waals surface area contributed by atoms with Crippen molar-refractivity contribution in [3.63, 3.8) is 0 Å². The highest BCUT2D eigenvalue weighted by Crippen LogP contribution is 2.34. The van der Waals surface area contributed by atoms with E-state index in [0.717, 1.165) is 21.3 Å². The zero-order valence-corrected chi connectivity index (χ0v) is 13.3. The molecule has 0 saturated carbocycles. The normalized spacial score (nSPS) is 11.0. The van der Waals surface area contributed by atoms with Gasteiger partial charge in [0.2, 0.25) is 0 Å². The first-order chi connectivity index (χ1) is 10.1. The van der Waals surface area contributed by atoms with E-state index < -0.39 is 0 Å². The number of aromatic nitrogens is 2. The van der Waals surface area contributed by atoms with Crippen LogP contribution in [-0.2, 0) is 13.6 Å². The zero-order chi connectivity index (χ0) is 15.0. The Bertz CT molecular complexity index is 822. The Morgan fingerprint density at radius 1 is 1.43 bits per heavy atom. The van der Waals surface area contributed by atoms with Crippen molar-refractivity contribution in [1.29, 1.82) is 0 Å². The van der Waals surface area contributed by atoms with E-state index in [-0.39, 0.29) is 5.91 Å². The molecule has 1 amide bonds. The second kappa shape index (κ2) is 5.50. The molecule has 2 heterocycles. The van der Waals surface area contributed by atoms with Crippen LogP contribution in [0.3, 0.4) is 0 Å². The number of aryl methyl sites for hydroxylation is 1. The van der Waals surface area contributed by atoms with Crippen LogP contribution < -0.4 is 5.32 Å². The number of amides is 1. The van der Waals surface area contributed by atoms with Crippen molar-refractivity contribution in [3.05, 3.63) is 51.6 Å². The number of carbonyl (C=O) groups excluding carboxylic acids is 1. The molecule has 0 atom stereocenters. The second-order valence-electron chi connectivity index (χ2n) is 4.80. The van der Waals surface area contributed by atoms with Gasteiger partial charge >= 0.3 is 0 Å². The number of nitrogens with zero attached hydrogens (tertiary/aromatic N) is 2. The first kappa shape index (κ1) is 14.1. The minimum Gasteiger partial charge on any atom is -0.347 e. The molecule has 0 bridgehead atoms.